The fourth-order valence-electron chi connectivity index (χ4n) is 0.800. The zero-order valence-electron chi connectivity index (χ0n) is 9.58. The van der Waals surface area contributed by atoms with E-state index in [9.17, 15) is 4.79 Å². The van der Waals surface area contributed by atoms with Crippen molar-refractivity contribution in [3.8, 4) is 11.8 Å². The molecule has 1 rings (SSSR count). The molecule has 1 amide bonds. The molecule has 3 nitrogen and oxygen atoms in total. The van der Waals surface area contributed by atoms with Crippen LogP contribution in [0, 0.1) is 11.8 Å². The molecule has 0 unspecified atom stereocenters. The second-order valence-electron chi connectivity index (χ2n) is 2.56. The highest BCUT2D eigenvalue weighted by atomic mass is 16.1. The van der Waals surface area contributed by atoms with E-state index in [2.05, 4.69) is 17.2 Å². The molecule has 0 aromatic heterocycles. The second kappa shape index (κ2) is 5.79. The van der Waals surface area contributed by atoms with Gasteiger partial charge in [0.1, 0.15) is 0 Å². The first-order valence-corrected chi connectivity index (χ1v) is 4.11. The van der Waals surface area contributed by atoms with Gasteiger partial charge in [-0.15, -0.1) is 0 Å². The Labute approximate surface area is 86.1 Å². The smallest absolute Gasteiger partial charge is 0.231 e. The quantitative estimate of drug-likeness (QED) is 0.665. The van der Waals surface area contributed by atoms with Crippen molar-refractivity contribution in [1.29, 1.82) is 0 Å². The van der Waals surface area contributed by atoms with E-state index in [1.54, 1.807) is 12.1 Å². The Morgan fingerprint density at radius 3 is 2.86 bits per heavy atom. The van der Waals surface area contributed by atoms with Gasteiger partial charge in [-0.25, -0.2) is 0 Å². The first kappa shape index (κ1) is 7.60. The maximum absolute atomic E-state index is 10.5. The summed E-state index contributed by atoms with van der Waals surface area (Å²) in [5.41, 5.74) is 5.61. The maximum Gasteiger partial charge on any atom is 0.231 e. The van der Waals surface area contributed by atoms with Crippen molar-refractivity contribution in [2.45, 2.75) is 0 Å². The Balaban J connectivity index is 2.65. The van der Waals surface area contributed by atoms with Gasteiger partial charge in [0.2, 0.25) is 5.91 Å². The lowest BCUT2D eigenvalue weighted by molar-refractivity contribution is -0.117. The van der Waals surface area contributed by atoms with Crippen molar-refractivity contribution < 1.29 is 7.54 Å². The standard InChI is InChI=1S/C11H12N2O/c12-11(14)9-13-8-4-7-10-5-2-1-3-6-10/h1-3,5-6,13H,8-9H2,(H2,12,14)/i8D2. The van der Waals surface area contributed by atoms with Gasteiger partial charge < -0.3 is 5.73 Å². The Hall–Kier alpha value is -1.79. The van der Waals surface area contributed by atoms with Crippen LogP contribution in [-0.2, 0) is 4.79 Å². The fourth-order valence-corrected chi connectivity index (χ4v) is 0.800. The van der Waals surface area contributed by atoms with Crippen LogP contribution in [0.3, 0.4) is 0 Å². The van der Waals surface area contributed by atoms with Gasteiger partial charge in [-0.3, -0.25) is 10.1 Å². The van der Waals surface area contributed by atoms with Gasteiger partial charge in [-0.2, -0.15) is 0 Å². The van der Waals surface area contributed by atoms with Gasteiger partial charge in [0.25, 0.3) is 0 Å². The van der Waals surface area contributed by atoms with Crippen LogP contribution in [0.1, 0.15) is 8.30 Å². The molecular weight excluding hydrogens is 176 g/mol. The van der Waals surface area contributed by atoms with Crippen LogP contribution in [0.15, 0.2) is 30.3 Å². The number of carbonyl (C=O) groups excluding carboxylic acids is 1. The summed E-state index contributed by atoms with van der Waals surface area (Å²) in [5, 5.41) is 2.31. The topological polar surface area (TPSA) is 55.1 Å². The normalized spacial score (nSPS) is 12.0. The Bertz CT molecular complexity index is 421. The van der Waals surface area contributed by atoms with E-state index in [0.717, 1.165) is 0 Å². The third kappa shape index (κ3) is 4.29. The van der Waals surface area contributed by atoms with E-state index in [-0.39, 0.29) is 6.54 Å². The minimum atomic E-state index is -1.93. The summed E-state index contributed by atoms with van der Waals surface area (Å²) < 4.78 is 14.9. The van der Waals surface area contributed by atoms with Gasteiger partial charge >= 0.3 is 0 Å². The van der Waals surface area contributed by atoms with Crippen molar-refractivity contribution in [2.24, 2.45) is 5.73 Å². The molecule has 1 aromatic carbocycles. The van der Waals surface area contributed by atoms with E-state index in [4.69, 9.17) is 8.48 Å². The SMILES string of the molecule is [2H]C([2H])(C#Cc1ccccc1)NCC(N)=O. The van der Waals surface area contributed by atoms with Crippen molar-refractivity contribution >= 4 is 5.91 Å². The molecule has 0 spiro atoms. The number of carbonyl (C=O) groups is 1. The number of nitrogens with two attached hydrogens (primary N) is 1. The first-order valence-electron chi connectivity index (χ1n) is 5.11. The molecular formula is C11H12N2O. The summed E-state index contributed by atoms with van der Waals surface area (Å²) in [6, 6.07) is 9.03. The number of rotatable bonds is 3. The zero-order valence-corrected chi connectivity index (χ0v) is 7.58. The van der Waals surface area contributed by atoms with Gasteiger partial charge in [0, 0.05) is 5.56 Å². The van der Waals surface area contributed by atoms with Crippen LogP contribution in [0.2, 0.25) is 0 Å². The molecule has 0 bridgehead atoms. The maximum atomic E-state index is 10.5. The number of hydrogen-bond donors (Lipinski definition) is 2. The van der Waals surface area contributed by atoms with E-state index >= 15 is 0 Å². The molecule has 0 saturated carbocycles. The van der Waals surface area contributed by atoms with E-state index < -0.39 is 12.4 Å². The van der Waals surface area contributed by atoms with Crippen molar-refractivity contribution in [2.75, 3.05) is 13.0 Å². The molecule has 3 N–H and O–H groups in total. The summed E-state index contributed by atoms with van der Waals surface area (Å²) in [7, 11) is 0. The van der Waals surface area contributed by atoms with Crippen LogP contribution in [0.4, 0.5) is 0 Å². The summed E-state index contributed by atoms with van der Waals surface area (Å²) >= 11 is 0. The molecule has 0 fully saturated rings. The van der Waals surface area contributed by atoms with Crippen LogP contribution < -0.4 is 11.1 Å². The molecule has 3 heteroatoms. The predicted octanol–water partition coefficient (Wildman–Crippen LogP) is 0.113. The highest BCUT2D eigenvalue weighted by molar-refractivity contribution is 5.75. The fraction of sp³-hybridized carbons (Fsp3) is 0.182. The molecule has 72 valence electrons. The minimum Gasteiger partial charge on any atom is -0.369 e. The molecule has 14 heavy (non-hydrogen) atoms. The molecule has 0 aliphatic carbocycles. The third-order valence-electron chi connectivity index (χ3n) is 1.39. The second-order valence-corrected chi connectivity index (χ2v) is 2.56. The molecule has 0 atom stereocenters. The Morgan fingerprint density at radius 2 is 2.21 bits per heavy atom. The number of primary amides is 1. The van der Waals surface area contributed by atoms with Gasteiger partial charge in [-0.1, -0.05) is 30.0 Å². The summed E-state index contributed by atoms with van der Waals surface area (Å²) in [4.78, 5) is 10.5. The number of nitrogens with one attached hydrogen (secondary N) is 1. The van der Waals surface area contributed by atoms with Crippen LogP contribution in [-0.4, -0.2) is 18.9 Å². The first-order chi connectivity index (χ1) is 7.49. The monoisotopic (exact) mass is 190 g/mol. The molecule has 0 saturated heterocycles. The molecule has 0 heterocycles. The lowest BCUT2D eigenvalue weighted by atomic mass is 10.2. The highest BCUT2D eigenvalue weighted by Gasteiger charge is 1.88. The third-order valence-corrected chi connectivity index (χ3v) is 1.39. The van der Waals surface area contributed by atoms with Gasteiger partial charge in [0.15, 0.2) is 0 Å². The van der Waals surface area contributed by atoms with E-state index in [1.165, 1.54) is 0 Å². The average molecular weight is 190 g/mol. The number of amides is 1. The Kier molecular flexibility index (Phi) is 3.14. The molecule has 0 aliphatic heterocycles. The molecule has 0 radical (unpaired) electrons. The largest absolute Gasteiger partial charge is 0.369 e. The lowest BCUT2D eigenvalue weighted by Gasteiger charge is -1.93. The lowest BCUT2D eigenvalue weighted by Crippen LogP contribution is -2.28. The number of hydrogen-bond acceptors (Lipinski definition) is 2. The Morgan fingerprint density at radius 1 is 1.50 bits per heavy atom. The van der Waals surface area contributed by atoms with Gasteiger partial charge in [0.05, 0.1) is 15.8 Å². The molecule has 0 aliphatic rings. The van der Waals surface area contributed by atoms with Crippen LogP contribution >= 0.6 is 0 Å². The average Bonchev–Trinajstić information content (AvgIpc) is 2.26. The predicted molar refractivity (Wildman–Crippen MR) is 55.4 cm³/mol. The van der Waals surface area contributed by atoms with Crippen molar-refractivity contribution in [3.63, 3.8) is 0 Å². The van der Waals surface area contributed by atoms with Crippen LogP contribution in [0.5, 0.6) is 0 Å². The van der Waals surface area contributed by atoms with Crippen molar-refractivity contribution in [1.82, 2.24) is 5.32 Å². The summed E-state index contributed by atoms with van der Waals surface area (Å²) in [6.07, 6.45) is 0. The molecule has 1 aromatic rings. The zero-order chi connectivity index (χ0) is 12.0. The van der Waals surface area contributed by atoms with Crippen molar-refractivity contribution in [3.05, 3.63) is 35.9 Å². The minimum absolute atomic E-state index is 0.240. The highest BCUT2D eigenvalue weighted by Crippen LogP contribution is 1.93. The number of benzene rings is 1. The van der Waals surface area contributed by atoms with Crippen LogP contribution in [0.25, 0.3) is 0 Å². The van der Waals surface area contributed by atoms with Gasteiger partial charge in [-0.05, 0) is 12.1 Å². The van der Waals surface area contributed by atoms with E-state index in [1.807, 2.05) is 18.2 Å². The summed E-state index contributed by atoms with van der Waals surface area (Å²) in [5.74, 6) is 4.44. The summed E-state index contributed by atoms with van der Waals surface area (Å²) in [6.45, 7) is -2.17. The van der Waals surface area contributed by atoms with E-state index in [0.29, 0.717) is 5.56 Å².